The number of carbonyl (C=O) groups excluding carboxylic acids is 2. The van der Waals surface area contributed by atoms with Crippen molar-refractivity contribution in [3.63, 3.8) is 0 Å². The molecule has 1 spiro atoms. The topological polar surface area (TPSA) is 59.1 Å². The van der Waals surface area contributed by atoms with E-state index in [4.69, 9.17) is 9.47 Å². The normalized spacial score (nSPS) is 33.3. The van der Waals surface area contributed by atoms with Gasteiger partial charge in [-0.15, -0.1) is 0 Å². The standard InChI is InChI=1S/C17H26N2O4/c20-15-2-1-6-18(15)8-13-3-5-17(23-9-13)11-19(12-17)16(21)14-4-7-22-10-14/h13-14H,1-12H2. The van der Waals surface area contributed by atoms with Crippen LogP contribution in [0.25, 0.3) is 0 Å². The van der Waals surface area contributed by atoms with Crippen LogP contribution in [0.15, 0.2) is 0 Å². The minimum Gasteiger partial charge on any atom is -0.381 e. The number of likely N-dealkylation sites (tertiary alicyclic amines) is 2. The third kappa shape index (κ3) is 2.98. The third-order valence-corrected chi connectivity index (χ3v) is 5.83. The fourth-order valence-electron chi connectivity index (χ4n) is 4.31. The lowest BCUT2D eigenvalue weighted by Crippen LogP contribution is -2.67. The number of hydrogen-bond acceptors (Lipinski definition) is 4. The van der Waals surface area contributed by atoms with Crippen LogP contribution < -0.4 is 0 Å². The number of carbonyl (C=O) groups is 2. The lowest BCUT2D eigenvalue weighted by atomic mass is 9.82. The van der Waals surface area contributed by atoms with E-state index >= 15 is 0 Å². The molecule has 0 radical (unpaired) electrons. The number of hydrogen-bond donors (Lipinski definition) is 0. The summed E-state index contributed by atoms with van der Waals surface area (Å²) >= 11 is 0. The van der Waals surface area contributed by atoms with Crippen LogP contribution in [-0.2, 0) is 19.1 Å². The monoisotopic (exact) mass is 322 g/mol. The van der Waals surface area contributed by atoms with Crippen molar-refractivity contribution in [1.82, 2.24) is 9.80 Å². The van der Waals surface area contributed by atoms with E-state index in [0.29, 0.717) is 31.5 Å². The molecule has 4 aliphatic rings. The van der Waals surface area contributed by atoms with Gasteiger partial charge in [-0.1, -0.05) is 0 Å². The van der Waals surface area contributed by atoms with Gasteiger partial charge in [-0.3, -0.25) is 9.59 Å². The Hall–Kier alpha value is -1.14. The zero-order valence-corrected chi connectivity index (χ0v) is 13.7. The molecule has 4 heterocycles. The number of ether oxygens (including phenoxy) is 2. The zero-order valence-electron chi connectivity index (χ0n) is 13.7. The molecule has 6 nitrogen and oxygen atoms in total. The quantitative estimate of drug-likeness (QED) is 0.766. The molecule has 6 heteroatoms. The van der Waals surface area contributed by atoms with Crippen molar-refractivity contribution in [2.75, 3.05) is 46.0 Å². The highest BCUT2D eigenvalue weighted by molar-refractivity contribution is 5.80. The molecular weight excluding hydrogens is 296 g/mol. The van der Waals surface area contributed by atoms with Gasteiger partial charge in [0.05, 0.1) is 32.2 Å². The van der Waals surface area contributed by atoms with Gasteiger partial charge < -0.3 is 19.3 Å². The van der Waals surface area contributed by atoms with Crippen LogP contribution in [0, 0.1) is 11.8 Å². The lowest BCUT2D eigenvalue weighted by molar-refractivity contribution is -0.192. The van der Waals surface area contributed by atoms with Gasteiger partial charge >= 0.3 is 0 Å². The smallest absolute Gasteiger partial charge is 0.228 e. The summed E-state index contributed by atoms with van der Waals surface area (Å²) < 4.78 is 11.4. The predicted octanol–water partition coefficient (Wildman–Crippen LogP) is 0.653. The molecule has 0 aromatic carbocycles. The Morgan fingerprint density at radius 1 is 1.26 bits per heavy atom. The molecule has 23 heavy (non-hydrogen) atoms. The Labute approximate surface area is 137 Å². The molecule has 4 saturated heterocycles. The van der Waals surface area contributed by atoms with Gasteiger partial charge in [-0.2, -0.15) is 0 Å². The lowest BCUT2D eigenvalue weighted by Gasteiger charge is -2.53. The predicted molar refractivity (Wildman–Crippen MR) is 82.7 cm³/mol. The second-order valence-corrected chi connectivity index (χ2v) is 7.60. The van der Waals surface area contributed by atoms with E-state index in [1.54, 1.807) is 0 Å². The molecule has 2 atom stereocenters. The first kappa shape index (κ1) is 15.4. The number of amides is 2. The molecule has 0 aromatic heterocycles. The van der Waals surface area contributed by atoms with Gasteiger partial charge in [0.15, 0.2) is 0 Å². The summed E-state index contributed by atoms with van der Waals surface area (Å²) in [6.45, 7) is 5.23. The first-order valence-electron chi connectivity index (χ1n) is 8.93. The Morgan fingerprint density at radius 2 is 2.13 bits per heavy atom. The third-order valence-electron chi connectivity index (χ3n) is 5.83. The van der Waals surface area contributed by atoms with Crippen LogP contribution in [0.4, 0.5) is 0 Å². The maximum Gasteiger partial charge on any atom is 0.228 e. The molecule has 0 bridgehead atoms. The van der Waals surface area contributed by atoms with Crippen LogP contribution in [-0.4, -0.2) is 73.2 Å². The van der Waals surface area contributed by atoms with E-state index in [1.807, 2.05) is 9.80 Å². The Bertz CT molecular complexity index is 473. The van der Waals surface area contributed by atoms with Crippen LogP contribution in [0.2, 0.25) is 0 Å². The number of nitrogens with zero attached hydrogens (tertiary/aromatic N) is 2. The fourth-order valence-corrected chi connectivity index (χ4v) is 4.31. The minimum absolute atomic E-state index is 0.0601. The number of rotatable bonds is 3. The van der Waals surface area contributed by atoms with Crippen molar-refractivity contribution in [3.05, 3.63) is 0 Å². The maximum absolute atomic E-state index is 12.3. The average Bonchev–Trinajstić information content (AvgIpc) is 3.18. The molecule has 2 amide bonds. The summed E-state index contributed by atoms with van der Waals surface area (Å²) in [5.41, 5.74) is -0.110. The van der Waals surface area contributed by atoms with Crippen LogP contribution in [0.3, 0.4) is 0 Å². The van der Waals surface area contributed by atoms with Gasteiger partial charge in [0, 0.05) is 32.0 Å². The maximum atomic E-state index is 12.3. The Kier molecular flexibility index (Phi) is 4.05. The van der Waals surface area contributed by atoms with Crippen molar-refractivity contribution >= 4 is 11.8 Å². The van der Waals surface area contributed by atoms with E-state index in [1.165, 1.54) is 0 Å². The first-order chi connectivity index (χ1) is 11.2. The summed E-state index contributed by atoms with van der Waals surface area (Å²) in [5.74, 6) is 1.05. The van der Waals surface area contributed by atoms with E-state index in [9.17, 15) is 9.59 Å². The van der Waals surface area contributed by atoms with Gasteiger partial charge in [-0.25, -0.2) is 0 Å². The summed E-state index contributed by atoms with van der Waals surface area (Å²) in [6, 6.07) is 0. The molecule has 4 fully saturated rings. The van der Waals surface area contributed by atoms with Crippen molar-refractivity contribution in [2.45, 2.75) is 37.7 Å². The van der Waals surface area contributed by atoms with Gasteiger partial charge in [0.1, 0.15) is 5.60 Å². The molecule has 4 rings (SSSR count). The van der Waals surface area contributed by atoms with Crippen molar-refractivity contribution in [1.29, 1.82) is 0 Å². The van der Waals surface area contributed by atoms with Gasteiger partial charge in [-0.05, 0) is 25.7 Å². The second kappa shape index (κ2) is 6.06. The van der Waals surface area contributed by atoms with E-state index < -0.39 is 0 Å². The highest BCUT2D eigenvalue weighted by Gasteiger charge is 2.49. The highest BCUT2D eigenvalue weighted by Crippen LogP contribution is 2.37. The average molecular weight is 322 g/mol. The molecule has 0 saturated carbocycles. The summed E-state index contributed by atoms with van der Waals surface area (Å²) in [4.78, 5) is 28.0. The fraction of sp³-hybridized carbons (Fsp3) is 0.882. The summed E-state index contributed by atoms with van der Waals surface area (Å²) in [7, 11) is 0. The van der Waals surface area contributed by atoms with E-state index in [0.717, 1.165) is 58.5 Å². The van der Waals surface area contributed by atoms with Crippen molar-refractivity contribution < 1.29 is 19.1 Å². The van der Waals surface area contributed by atoms with Crippen LogP contribution >= 0.6 is 0 Å². The molecule has 4 aliphatic heterocycles. The second-order valence-electron chi connectivity index (χ2n) is 7.60. The zero-order chi connectivity index (χ0) is 15.9. The molecule has 2 unspecified atom stereocenters. The Morgan fingerprint density at radius 3 is 2.74 bits per heavy atom. The van der Waals surface area contributed by atoms with Crippen LogP contribution in [0.1, 0.15) is 32.1 Å². The summed E-state index contributed by atoms with van der Waals surface area (Å²) in [5, 5.41) is 0. The molecular formula is C17H26N2O4. The van der Waals surface area contributed by atoms with Gasteiger partial charge in [0.25, 0.3) is 0 Å². The van der Waals surface area contributed by atoms with Gasteiger partial charge in [0.2, 0.25) is 11.8 Å². The largest absolute Gasteiger partial charge is 0.381 e. The molecule has 128 valence electrons. The minimum atomic E-state index is -0.110. The molecule has 0 aliphatic carbocycles. The SMILES string of the molecule is O=C1CCCN1CC1CCC2(CN(C(=O)C3CCOC3)C2)OC1. The van der Waals surface area contributed by atoms with Crippen LogP contribution in [0.5, 0.6) is 0 Å². The molecule has 0 N–H and O–H groups in total. The first-order valence-corrected chi connectivity index (χ1v) is 8.93. The Balaban J connectivity index is 1.23. The highest BCUT2D eigenvalue weighted by atomic mass is 16.5. The van der Waals surface area contributed by atoms with Crippen molar-refractivity contribution in [3.8, 4) is 0 Å². The van der Waals surface area contributed by atoms with E-state index in [2.05, 4.69) is 0 Å². The van der Waals surface area contributed by atoms with E-state index in [-0.39, 0.29) is 17.4 Å². The molecule has 0 aromatic rings. The van der Waals surface area contributed by atoms with Crippen molar-refractivity contribution in [2.24, 2.45) is 11.8 Å². The summed E-state index contributed by atoms with van der Waals surface area (Å²) in [6.07, 6.45) is 4.66.